The first kappa shape index (κ1) is 17.7. The monoisotopic (exact) mass is 406 g/mol. The number of pyridine rings is 1. The van der Waals surface area contributed by atoms with Crippen LogP contribution in [0.1, 0.15) is 37.4 Å². The molecule has 0 bridgehead atoms. The number of hydrogen-bond donors (Lipinski definition) is 0. The van der Waals surface area contributed by atoms with Gasteiger partial charge in [-0.25, -0.2) is 0 Å². The second kappa shape index (κ2) is 6.63. The van der Waals surface area contributed by atoms with E-state index >= 15 is 0 Å². The molecule has 1 aromatic heterocycles. The highest BCUT2D eigenvalue weighted by Gasteiger charge is 2.51. The molecule has 0 aliphatic carbocycles. The lowest BCUT2D eigenvalue weighted by Crippen LogP contribution is -2.51. The molecule has 3 heterocycles. The summed E-state index contributed by atoms with van der Waals surface area (Å²) in [5.41, 5.74) is -0.350. The van der Waals surface area contributed by atoms with E-state index in [9.17, 15) is 18.0 Å². The molecule has 1 spiro atoms. The zero-order chi connectivity index (χ0) is 17.4. The third-order valence-electron chi connectivity index (χ3n) is 4.94. The number of amides is 1. The summed E-state index contributed by atoms with van der Waals surface area (Å²) in [6, 6.07) is 0.833. The van der Waals surface area contributed by atoms with Gasteiger partial charge in [-0.05, 0) is 52.7 Å². The van der Waals surface area contributed by atoms with Crippen molar-refractivity contribution in [2.45, 2.75) is 37.9 Å². The minimum absolute atomic E-state index is 0.0980. The smallest absolute Gasteiger partial charge is 0.381 e. The van der Waals surface area contributed by atoms with Gasteiger partial charge in [-0.2, -0.15) is 13.2 Å². The first-order valence-electron chi connectivity index (χ1n) is 7.86. The maximum atomic E-state index is 13.6. The molecule has 1 atom stereocenters. The van der Waals surface area contributed by atoms with Gasteiger partial charge in [-0.3, -0.25) is 9.78 Å². The minimum atomic E-state index is -4.56. The van der Waals surface area contributed by atoms with Crippen molar-refractivity contribution in [3.63, 3.8) is 0 Å². The Labute approximate surface area is 146 Å². The second-order valence-corrected chi connectivity index (χ2v) is 7.39. The second-order valence-electron chi connectivity index (χ2n) is 6.47. The Bertz CT molecular complexity index is 600. The van der Waals surface area contributed by atoms with Crippen LogP contribution >= 0.6 is 15.9 Å². The molecule has 3 rings (SSSR count). The number of ether oxygens (including phenoxy) is 1. The van der Waals surface area contributed by atoms with Crippen molar-refractivity contribution in [1.29, 1.82) is 0 Å². The lowest BCUT2D eigenvalue weighted by Gasteiger charge is -2.45. The number of halogens is 4. The van der Waals surface area contributed by atoms with Crippen LogP contribution in [0.25, 0.3) is 0 Å². The van der Waals surface area contributed by atoms with Gasteiger partial charge >= 0.3 is 6.18 Å². The average Bonchev–Trinajstić information content (AvgIpc) is 2.51. The highest BCUT2D eigenvalue weighted by atomic mass is 79.9. The van der Waals surface area contributed by atoms with Crippen molar-refractivity contribution in [1.82, 2.24) is 9.88 Å². The van der Waals surface area contributed by atoms with Crippen LogP contribution in [0, 0.1) is 5.41 Å². The summed E-state index contributed by atoms with van der Waals surface area (Å²) in [7, 11) is 0. The topological polar surface area (TPSA) is 42.4 Å². The fraction of sp³-hybridized carbons (Fsp3) is 0.625. The van der Waals surface area contributed by atoms with E-state index in [2.05, 4.69) is 20.9 Å². The summed E-state index contributed by atoms with van der Waals surface area (Å²) in [4.78, 5) is 17.4. The Hall–Kier alpha value is -1.15. The van der Waals surface area contributed by atoms with E-state index in [0.717, 1.165) is 17.7 Å². The SMILES string of the molecule is O=C1CC2(CCOCC2)CCN1C(c1ccc(Br)cn1)C(F)(F)F. The van der Waals surface area contributed by atoms with Crippen LogP contribution in [0.4, 0.5) is 13.2 Å². The number of nitrogens with zero attached hydrogens (tertiary/aromatic N) is 2. The maximum Gasteiger partial charge on any atom is 0.414 e. The molecule has 2 saturated heterocycles. The quantitative estimate of drug-likeness (QED) is 0.748. The molecule has 0 radical (unpaired) electrons. The number of aromatic nitrogens is 1. The maximum absolute atomic E-state index is 13.6. The molecule has 132 valence electrons. The molecule has 1 amide bonds. The van der Waals surface area contributed by atoms with Gasteiger partial charge in [-0.15, -0.1) is 0 Å². The lowest BCUT2D eigenvalue weighted by molar-refractivity contribution is -0.199. The van der Waals surface area contributed by atoms with E-state index in [1.165, 1.54) is 18.3 Å². The van der Waals surface area contributed by atoms with Gasteiger partial charge in [0.05, 0.1) is 5.69 Å². The summed E-state index contributed by atoms with van der Waals surface area (Å²) in [5.74, 6) is -0.449. The molecule has 0 aromatic carbocycles. The summed E-state index contributed by atoms with van der Waals surface area (Å²) in [6.45, 7) is 1.25. The van der Waals surface area contributed by atoms with Crippen LogP contribution in [-0.4, -0.2) is 41.7 Å². The molecule has 0 N–H and O–H groups in total. The van der Waals surface area contributed by atoms with Gasteiger partial charge in [-0.1, -0.05) is 0 Å². The first-order valence-corrected chi connectivity index (χ1v) is 8.65. The predicted molar refractivity (Wildman–Crippen MR) is 84.2 cm³/mol. The Morgan fingerprint density at radius 3 is 2.50 bits per heavy atom. The van der Waals surface area contributed by atoms with Gasteiger partial charge in [0.25, 0.3) is 0 Å². The molecule has 2 aliphatic rings. The van der Waals surface area contributed by atoms with Crippen molar-refractivity contribution in [3.8, 4) is 0 Å². The Kier molecular flexibility index (Phi) is 4.88. The Balaban J connectivity index is 1.84. The van der Waals surface area contributed by atoms with E-state index in [0.29, 0.717) is 24.1 Å². The highest BCUT2D eigenvalue weighted by molar-refractivity contribution is 9.10. The van der Waals surface area contributed by atoms with Crippen LogP contribution in [0.5, 0.6) is 0 Å². The van der Waals surface area contributed by atoms with Crippen molar-refractivity contribution in [2.24, 2.45) is 5.41 Å². The first-order chi connectivity index (χ1) is 11.3. The molecule has 1 unspecified atom stereocenters. The molecule has 8 heteroatoms. The zero-order valence-electron chi connectivity index (χ0n) is 13.0. The number of hydrogen-bond acceptors (Lipinski definition) is 3. The molecule has 24 heavy (non-hydrogen) atoms. The Morgan fingerprint density at radius 2 is 1.96 bits per heavy atom. The van der Waals surface area contributed by atoms with Gasteiger partial charge in [0, 0.05) is 36.8 Å². The Morgan fingerprint density at radius 1 is 1.25 bits per heavy atom. The van der Waals surface area contributed by atoms with E-state index in [1.807, 2.05) is 0 Å². The lowest BCUT2D eigenvalue weighted by atomic mass is 9.72. The summed E-state index contributed by atoms with van der Waals surface area (Å²) < 4.78 is 46.8. The average molecular weight is 407 g/mol. The molecule has 2 fully saturated rings. The third kappa shape index (κ3) is 3.59. The molecular weight excluding hydrogens is 389 g/mol. The largest absolute Gasteiger partial charge is 0.414 e. The van der Waals surface area contributed by atoms with Gasteiger partial charge in [0.15, 0.2) is 6.04 Å². The van der Waals surface area contributed by atoms with Crippen LogP contribution in [-0.2, 0) is 9.53 Å². The van der Waals surface area contributed by atoms with Crippen LogP contribution in [0.15, 0.2) is 22.8 Å². The van der Waals surface area contributed by atoms with E-state index in [1.54, 1.807) is 0 Å². The molecule has 2 aliphatic heterocycles. The standard InChI is InChI=1S/C16H18BrF3N2O2/c17-11-1-2-12(21-10-11)14(16(18,19)20)22-6-3-15(9-13(22)23)4-7-24-8-5-15/h1-2,10,14H,3-9H2. The van der Waals surface area contributed by atoms with Crippen molar-refractivity contribution >= 4 is 21.8 Å². The van der Waals surface area contributed by atoms with Crippen LogP contribution < -0.4 is 0 Å². The van der Waals surface area contributed by atoms with E-state index in [-0.39, 0.29) is 24.1 Å². The summed E-state index contributed by atoms with van der Waals surface area (Å²) in [5, 5.41) is 0. The van der Waals surface area contributed by atoms with Crippen LogP contribution in [0.3, 0.4) is 0 Å². The summed E-state index contributed by atoms with van der Waals surface area (Å²) in [6.07, 6.45) is -1.04. The number of alkyl halides is 3. The van der Waals surface area contributed by atoms with Crippen molar-refractivity contribution < 1.29 is 22.7 Å². The molecular formula is C16H18BrF3N2O2. The number of carbonyl (C=O) groups is 1. The van der Waals surface area contributed by atoms with E-state index in [4.69, 9.17) is 4.74 Å². The number of rotatable bonds is 2. The van der Waals surface area contributed by atoms with E-state index < -0.39 is 18.1 Å². The normalized spacial score (nSPS) is 22.7. The van der Waals surface area contributed by atoms with Crippen LogP contribution in [0.2, 0.25) is 0 Å². The van der Waals surface area contributed by atoms with Crippen molar-refractivity contribution in [3.05, 3.63) is 28.5 Å². The number of carbonyl (C=O) groups excluding carboxylic acids is 1. The number of piperidine rings is 1. The van der Waals surface area contributed by atoms with Gasteiger partial charge in [0.1, 0.15) is 0 Å². The fourth-order valence-corrected chi connectivity index (χ4v) is 3.78. The summed E-state index contributed by atoms with van der Waals surface area (Å²) >= 11 is 3.16. The van der Waals surface area contributed by atoms with Gasteiger partial charge < -0.3 is 9.64 Å². The molecule has 1 aromatic rings. The highest BCUT2D eigenvalue weighted by Crippen LogP contribution is 2.45. The number of likely N-dealkylation sites (tertiary alicyclic amines) is 1. The third-order valence-corrected chi connectivity index (χ3v) is 5.40. The predicted octanol–water partition coefficient (Wildman–Crippen LogP) is 3.87. The van der Waals surface area contributed by atoms with Crippen molar-refractivity contribution in [2.75, 3.05) is 19.8 Å². The fourth-order valence-electron chi connectivity index (χ4n) is 3.55. The van der Waals surface area contributed by atoms with Gasteiger partial charge in [0.2, 0.25) is 5.91 Å². The zero-order valence-corrected chi connectivity index (χ0v) is 14.6. The molecule has 0 saturated carbocycles. The molecule has 4 nitrogen and oxygen atoms in total. The minimum Gasteiger partial charge on any atom is -0.381 e.